The van der Waals surface area contributed by atoms with Gasteiger partial charge in [0.25, 0.3) is 0 Å². The van der Waals surface area contributed by atoms with Crippen LogP contribution in [0.25, 0.3) is 0 Å². The van der Waals surface area contributed by atoms with Gasteiger partial charge in [-0.2, -0.15) is 0 Å². The molecule has 0 aliphatic carbocycles. The number of nitriles is 1. The Morgan fingerprint density at radius 1 is 1.00 bits per heavy atom. The molecule has 0 heterocycles. The van der Waals surface area contributed by atoms with E-state index < -0.39 is 19.6 Å². The van der Waals surface area contributed by atoms with Gasteiger partial charge in [-0.1, -0.05) is 0 Å². The second kappa shape index (κ2) is 9.43. The molecule has 0 spiro atoms. The van der Waals surface area contributed by atoms with Gasteiger partial charge in [0.05, 0.1) is 0 Å². The van der Waals surface area contributed by atoms with Crippen LogP contribution in [0.1, 0.15) is 50.7 Å². The van der Waals surface area contributed by atoms with Crippen LogP contribution in [0.15, 0.2) is 24.3 Å². The topological polar surface area (TPSA) is 23.8 Å². The van der Waals surface area contributed by atoms with Gasteiger partial charge in [-0.05, 0) is 0 Å². The Morgan fingerprint density at radius 2 is 1.56 bits per heavy atom. The molecule has 2 heteroatoms. The van der Waals surface area contributed by atoms with Crippen LogP contribution in [0.5, 0.6) is 0 Å². The number of unbranched alkanes of at least 4 members (excludes halogenated alkanes) is 2. The summed E-state index contributed by atoms with van der Waals surface area (Å²) >= 11 is -0.921. The molecule has 0 saturated heterocycles. The van der Waals surface area contributed by atoms with Crippen LogP contribution < -0.4 is 0 Å². The van der Waals surface area contributed by atoms with E-state index in [2.05, 4.69) is 32.0 Å². The summed E-state index contributed by atoms with van der Waals surface area (Å²) in [6.45, 7) is 4.58. The van der Waals surface area contributed by atoms with Crippen molar-refractivity contribution in [1.82, 2.24) is 0 Å². The monoisotopic (exact) mass is 360 g/mol. The molecule has 0 aliphatic rings. The van der Waals surface area contributed by atoms with Crippen molar-refractivity contribution in [2.24, 2.45) is 0 Å². The number of hydrogen-bond donors (Lipinski definition) is 0. The first-order chi connectivity index (χ1) is 8.80. The Morgan fingerprint density at radius 3 is 2.00 bits per heavy atom. The molecule has 0 radical (unpaired) electrons. The molecule has 0 fully saturated rings. The molecule has 0 amide bonds. The first-order valence-electron chi connectivity index (χ1n) is 6.93. The molecule has 1 nitrogen and oxygen atoms in total. The van der Waals surface area contributed by atoms with Crippen molar-refractivity contribution >= 4 is 19.6 Å². The van der Waals surface area contributed by atoms with Gasteiger partial charge in [-0.3, -0.25) is 0 Å². The Bertz CT molecular complexity index is 356. The average Bonchev–Trinajstić information content (AvgIpc) is 2.42. The van der Waals surface area contributed by atoms with E-state index in [1.54, 1.807) is 0 Å². The standard InChI is InChI=1S/C16H24NTe/c1-3-5-11-18(12-6-4-2)14-16-9-7-15(13-17)8-10-16/h7-10H,3-6,11-12,14H2,1-2H3/q+1. The molecular formula is C16H24NTe+. The van der Waals surface area contributed by atoms with Gasteiger partial charge >= 0.3 is 119 Å². The molecule has 0 saturated carbocycles. The molecule has 0 N–H and O–H groups in total. The van der Waals surface area contributed by atoms with E-state index in [0.29, 0.717) is 0 Å². The van der Waals surface area contributed by atoms with E-state index in [1.165, 1.54) is 44.7 Å². The summed E-state index contributed by atoms with van der Waals surface area (Å²) in [6, 6.07) is 10.4. The van der Waals surface area contributed by atoms with Crippen molar-refractivity contribution < 1.29 is 0 Å². The van der Waals surface area contributed by atoms with Gasteiger partial charge in [0.2, 0.25) is 0 Å². The number of rotatable bonds is 8. The maximum absolute atomic E-state index is 8.80. The van der Waals surface area contributed by atoms with Crippen LogP contribution in [0.3, 0.4) is 0 Å². The van der Waals surface area contributed by atoms with Gasteiger partial charge in [-0.25, -0.2) is 0 Å². The van der Waals surface area contributed by atoms with Crippen molar-refractivity contribution in [2.45, 2.75) is 52.9 Å². The quantitative estimate of drug-likeness (QED) is 0.617. The molecular weight excluding hydrogens is 334 g/mol. The third-order valence-corrected chi connectivity index (χ3v) is 10.1. The summed E-state index contributed by atoms with van der Waals surface area (Å²) in [7, 11) is 0. The fraction of sp³-hybridized carbons (Fsp3) is 0.562. The van der Waals surface area contributed by atoms with Gasteiger partial charge in [0.15, 0.2) is 0 Å². The van der Waals surface area contributed by atoms with Crippen molar-refractivity contribution in [2.75, 3.05) is 0 Å². The Labute approximate surface area is 119 Å². The zero-order chi connectivity index (χ0) is 13.2. The average molecular weight is 358 g/mol. The molecule has 0 unspecified atom stereocenters. The Balaban J connectivity index is 2.54. The fourth-order valence-electron chi connectivity index (χ4n) is 1.85. The third-order valence-electron chi connectivity index (χ3n) is 3.03. The zero-order valence-corrected chi connectivity index (χ0v) is 13.9. The SMILES string of the molecule is CCCC[Te+](CCCC)Cc1ccc(C#N)cc1. The molecule has 0 atom stereocenters. The van der Waals surface area contributed by atoms with E-state index in [1.807, 2.05) is 12.1 Å². The molecule has 0 aromatic heterocycles. The van der Waals surface area contributed by atoms with Crippen LogP contribution in [-0.4, -0.2) is 19.6 Å². The minimum atomic E-state index is -0.921. The van der Waals surface area contributed by atoms with Crippen LogP contribution in [-0.2, 0) is 4.47 Å². The van der Waals surface area contributed by atoms with Gasteiger partial charge in [0.1, 0.15) is 0 Å². The second-order valence-electron chi connectivity index (χ2n) is 4.68. The van der Waals surface area contributed by atoms with Crippen LogP contribution >= 0.6 is 0 Å². The number of nitrogens with zero attached hydrogens (tertiary/aromatic N) is 1. The zero-order valence-electron chi connectivity index (χ0n) is 11.6. The number of benzene rings is 1. The summed E-state index contributed by atoms with van der Waals surface area (Å²) in [4.78, 5) is 0. The predicted octanol–water partition coefficient (Wildman–Crippen LogP) is 4.73. The van der Waals surface area contributed by atoms with Crippen LogP contribution in [0.4, 0.5) is 0 Å². The molecule has 1 rings (SSSR count). The molecule has 0 bridgehead atoms. The van der Waals surface area contributed by atoms with Crippen molar-refractivity contribution in [3.63, 3.8) is 0 Å². The summed E-state index contributed by atoms with van der Waals surface area (Å²) in [5, 5.41) is 8.80. The number of hydrogen-bond acceptors (Lipinski definition) is 1. The van der Waals surface area contributed by atoms with E-state index in [4.69, 9.17) is 5.26 Å². The summed E-state index contributed by atoms with van der Waals surface area (Å²) < 4.78 is 4.37. The van der Waals surface area contributed by atoms with Gasteiger partial charge in [0, 0.05) is 0 Å². The molecule has 0 aliphatic heterocycles. The summed E-state index contributed by atoms with van der Waals surface area (Å²) in [5.41, 5.74) is 2.24. The third kappa shape index (κ3) is 5.90. The van der Waals surface area contributed by atoms with E-state index in [-0.39, 0.29) is 0 Å². The van der Waals surface area contributed by atoms with E-state index in [9.17, 15) is 0 Å². The molecule has 1 aromatic rings. The van der Waals surface area contributed by atoms with Crippen molar-refractivity contribution in [1.29, 1.82) is 5.26 Å². The van der Waals surface area contributed by atoms with Crippen LogP contribution in [0, 0.1) is 11.3 Å². The van der Waals surface area contributed by atoms with Gasteiger partial charge in [-0.15, -0.1) is 0 Å². The Kier molecular flexibility index (Phi) is 8.15. The van der Waals surface area contributed by atoms with E-state index >= 15 is 0 Å². The van der Waals surface area contributed by atoms with Crippen molar-refractivity contribution in [3.05, 3.63) is 35.4 Å². The fourth-order valence-corrected chi connectivity index (χ4v) is 9.13. The molecule has 1 aromatic carbocycles. The predicted molar refractivity (Wildman–Crippen MR) is 80.0 cm³/mol. The summed E-state index contributed by atoms with van der Waals surface area (Å²) in [6.07, 6.45) is 5.49. The first-order valence-corrected chi connectivity index (χ1v) is 11.9. The Hall–Kier alpha value is -0.500. The normalized spacial score (nSPS) is 10.6. The minimum absolute atomic E-state index is 0.780. The van der Waals surface area contributed by atoms with Crippen molar-refractivity contribution in [3.8, 4) is 6.07 Å². The van der Waals surface area contributed by atoms with Gasteiger partial charge < -0.3 is 0 Å². The molecule has 18 heavy (non-hydrogen) atoms. The van der Waals surface area contributed by atoms with E-state index in [0.717, 1.165) is 5.56 Å². The second-order valence-corrected chi connectivity index (χ2v) is 11.3. The molecule has 98 valence electrons. The van der Waals surface area contributed by atoms with Crippen LogP contribution in [0.2, 0.25) is 8.94 Å². The first kappa shape index (κ1) is 15.6. The maximum atomic E-state index is 8.80. The summed E-state index contributed by atoms with van der Waals surface area (Å²) in [5.74, 6) is 0.